The number of benzene rings is 2. The first-order valence-electron chi connectivity index (χ1n) is 13.2. The second-order valence-electron chi connectivity index (χ2n) is 10.1. The highest BCUT2D eigenvalue weighted by Gasteiger charge is 2.46. The number of nitrogens with zero attached hydrogens (tertiary/aromatic N) is 2. The Bertz CT molecular complexity index is 1310. The fourth-order valence-corrected chi connectivity index (χ4v) is 5.74. The second-order valence-corrected chi connectivity index (χ2v) is 10.1. The van der Waals surface area contributed by atoms with Crippen molar-refractivity contribution in [3.05, 3.63) is 64.5 Å². The number of H-pyrrole nitrogens is 1. The van der Waals surface area contributed by atoms with Crippen LogP contribution in [-0.4, -0.2) is 97.5 Å². The molecule has 0 spiro atoms. The van der Waals surface area contributed by atoms with Gasteiger partial charge >= 0.3 is 0 Å². The number of ketones is 2. The number of likely N-dealkylation sites (tertiary alicyclic amines) is 1. The fraction of sp³-hybridized carbons (Fsp3) is 0.464. The van der Waals surface area contributed by atoms with Crippen LogP contribution >= 0.6 is 0 Å². The van der Waals surface area contributed by atoms with E-state index in [9.17, 15) is 30.0 Å². The topological polar surface area (TPSA) is 159 Å². The molecule has 202 valence electrons. The van der Waals surface area contributed by atoms with Crippen LogP contribution < -0.4 is 5.32 Å². The van der Waals surface area contributed by atoms with E-state index in [1.807, 2.05) is 4.90 Å². The predicted octanol–water partition coefficient (Wildman–Crippen LogP) is 0.747. The summed E-state index contributed by atoms with van der Waals surface area (Å²) in [7, 11) is 0. The van der Waals surface area contributed by atoms with Gasteiger partial charge in [-0.1, -0.05) is 37.1 Å². The molecule has 5 rings (SSSR count). The lowest BCUT2D eigenvalue weighted by Crippen LogP contribution is -2.43. The first-order chi connectivity index (χ1) is 18.5. The zero-order valence-electron chi connectivity index (χ0n) is 21.1. The maximum absolute atomic E-state index is 13.2. The lowest BCUT2D eigenvalue weighted by Gasteiger charge is -2.28. The summed E-state index contributed by atoms with van der Waals surface area (Å²) < 4.78 is 0. The van der Waals surface area contributed by atoms with Gasteiger partial charge in [-0.25, -0.2) is 4.98 Å². The highest BCUT2D eigenvalue weighted by molar-refractivity contribution is 6.31. The monoisotopic (exact) mass is 522 g/mol. The first kappa shape index (κ1) is 26.6. The van der Waals surface area contributed by atoms with E-state index in [0.29, 0.717) is 46.7 Å². The molecule has 38 heavy (non-hydrogen) atoms. The van der Waals surface area contributed by atoms with Crippen LogP contribution in [0.2, 0.25) is 0 Å². The summed E-state index contributed by atoms with van der Waals surface area (Å²) in [5, 5.41) is 42.6. The molecule has 10 heteroatoms. The molecule has 1 saturated heterocycles. The van der Waals surface area contributed by atoms with Crippen LogP contribution in [-0.2, 0) is 6.54 Å². The molecule has 2 aliphatic rings. The molecule has 2 aromatic carbocycles. The maximum atomic E-state index is 13.2. The van der Waals surface area contributed by atoms with Crippen LogP contribution in [0.4, 0.5) is 0 Å². The SMILES string of the molecule is O=C1c2ccccc2C(=O)c2c1ccc1[nH]c(CNCCCCCCN3[C@@H](CO)[C@@H](O)[C@H](O)[C@@H]3CO)nc21. The summed E-state index contributed by atoms with van der Waals surface area (Å²) in [6.07, 6.45) is 1.58. The van der Waals surface area contributed by atoms with E-state index in [1.54, 1.807) is 36.4 Å². The van der Waals surface area contributed by atoms with Gasteiger partial charge in [0.15, 0.2) is 11.6 Å². The first-order valence-corrected chi connectivity index (χ1v) is 13.2. The van der Waals surface area contributed by atoms with Gasteiger partial charge in [-0.3, -0.25) is 14.5 Å². The molecule has 0 unspecified atom stereocenters. The Balaban J connectivity index is 1.10. The van der Waals surface area contributed by atoms with Gasteiger partial charge in [-0.15, -0.1) is 0 Å². The maximum Gasteiger partial charge on any atom is 0.196 e. The largest absolute Gasteiger partial charge is 0.395 e. The molecule has 10 nitrogen and oxygen atoms in total. The van der Waals surface area contributed by atoms with E-state index in [2.05, 4.69) is 15.3 Å². The van der Waals surface area contributed by atoms with Crippen molar-refractivity contribution in [2.45, 2.75) is 56.5 Å². The number of hydrogen-bond donors (Lipinski definition) is 6. The summed E-state index contributed by atoms with van der Waals surface area (Å²) in [4.78, 5) is 35.8. The Morgan fingerprint density at radius 1 is 0.842 bits per heavy atom. The number of carbonyl (C=O) groups is 2. The van der Waals surface area contributed by atoms with Crippen LogP contribution in [0, 0.1) is 0 Å². The average Bonchev–Trinajstić information content (AvgIpc) is 3.45. The molecule has 1 aromatic heterocycles. The minimum Gasteiger partial charge on any atom is -0.395 e. The van der Waals surface area contributed by atoms with Crippen molar-refractivity contribution >= 4 is 22.6 Å². The van der Waals surface area contributed by atoms with Gasteiger partial charge in [0.25, 0.3) is 0 Å². The van der Waals surface area contributed by atoms with E-state index >= 15 is 0 Å². The molecule has 0 saturated carbocycles. The Morgan fingerprint density at radius 2 is 1.50 bits per heavy atom. The quantitative estimate of drug-likeness (QED) is 0.156. The Labute approximate surface area is 220 Å². The number of hydrogen-bond acceptors (Lipinski definition) is 9. The molecule has 2 heterocycles. The number of nitrogens with one attached hydrogen (secondary N) is 2. The van der Waals surface area contributed by atoms with Crippen LogP contribution in [0.1, 0.15) is 63.4 Å². The summed E-state index contributed by atoms with van der Waals surface area (Å²) in [6, 6.07) is 9.26. The Kier molecular flexibility index (Phi) is 7.98. The lowest BCUT2D eigenvalue weighted by atomic mass is 9.83. The number of rotatable bonds is 11. The number of unbranched alkanes of at least 4 members (excludes halogenated alkanes) is 3. The van der Waals surface area contributed by atoms with Crippen LogP contribution in [0.5, 0.6) is 0 Å². The van der Waals surface area contributed by atoms with Crippen LogP contribution in [0.25, 0.3) is 11.0 Å². The standard InChI is InChI=1S/C28H34N4O6/c33-14-20-27(37)28(38)21(15-34)32(20)12-6-2-1-5-11-29-13-22-30-19-10-9-18-23(24(19)31-22)26(36)17-8-4-3-7-16(17)25(18)35/h3-4,7-10,20-21,27-29,33-34,37-38H,1-2,5-6,11-15H2,(H,30,31)/t20-,21-,27+,28+/m0/s1. The van der Waals surface area contributed by atoms with Crippen molar-refractivity contribution in [3.63, 3.8) is 0 Å². The van der Waals surface area contributed by atoms with Crippen molar-refractivity contribution in [2.75, 3.05) is 26.3 Å². The van der Waals surface area contributed by atoms with Gasteiger partial charge < -0.3 is 30.7 Å². The zero-order valence-corrected chi connectivity index (χ0v) is 21.1. The summed E-state index contributed by atoms with van der Waals surface area (Å²) in [5.41, 5.74) is 2.83. The van der Waals surface area contributed by atoms with Crippen molar-refractivity contribution in [1.82, 2.24) is 20.2 Å². The fourth-order valence-electron chi connectivity index (χ4n) is 5.74. The van der Waals surface area contributed by atoms with E-state index in [-0.39, 0.29) is 24.8 Å². The Hall–Kier alpha value is -2.99. The third kappa shape index (κ3) is 4.79. The third-order valence-corrected chi connectivity index (χ3v) is 7.77. The number of aromatic nitrogens is 2. The van der Waals surface area contributed by atoms with Gasteiger partial charge in [0.2, 0.25) is 0 Å². The minimum absolute atomic E-state index is 0.157. The predicted molar refractivity (Wildman–Crippen MR) is 140 cm³/mol. The molecule has 0 bridgehead atoms. The van der Waals surface area contributed by atoms with E-state index < -0.39 is 24.3 Å². The number of aliphatic hydroxyl groups excluding tert-OH is 4. The third-order valence-electron chi connectivity index (χ3n) is 7.77. The van der Waals surface area contributed by atoms with Gasteiger partial charge in [0.1, 0.15) is 11.3 Å². The van der Waals surface area contributed by atoms with Gasteiger partial charge in [-0.05, 0) is 38.1 Å². The number of imidazole rings is 1. The summed E-state index contributed by atoms with van der Waals surface area (Å²) in [6.45, 7) is 1.34. The van der Waals surface area contributed by atoms with Crippen LogP contribution in [0.3, 0.4) is 0 Å². The number of aromatic amines is 1. The number of carbonyl (C=O) groups excluding carboxylic acids is 2. The molecule has 0 radical (unpaired) electrons. The molecule has 0 amide bonds. The minimum atomic E-state index is -1.06. The summed E-state index contributed by atoms with van der Waals surface area (Å²) in [5.74, 6) is 0.361. The summed E-state index contributed by atoms with van der Waals surface area (Å²) >= 11 is 0. The van der Waals surface area contributed by atoms with Crippen molar-refractivity contribution < 1.29 is 30.0 Å². The van der Waals surface area contributed by atoms with Gasteiger partial charge in [-0.2, -0.15) is 0 Å². The van der Waals surface area contributed by atoms with Crippen LogP contribution in [0.15, 0.2) is 36.4 Å². The Morgan fingerprint density at radius 3 is 2.18 bits per heavy atom. The molecule has 1 aliphatic carbocycles. The number of fused-ring (bicyclic) bond motifs is 4. The smallest absolute Gasteiger partial charge is 0.196 e. The highest BCUT2D eigenvalue weighted by Crippen LogP contribution is 2.31. The number of aliphatic hydroxyl groups is 4. The highest BCUT2D eigenvalue weighted by atomic mass is 16.3. The molecular formula is C28H34N4O6. The van der Waals surface area contributed by atoms with Crippen molar-refractivity contribution in [2.24, 2.45) is 0 Å². The molecule has 1 fully saturated rings. The molecular weight excluding hydrogens is 488 g/mol. The molecule has 1 aliphatic heterocycles. The van der Waals surface area contributed by atoms with Gasteiger partial charge in [0, 0.05) is 16.7 Å². The van der Waals surface area contributed by atoms with E-state index in [0.717, 1.165) is 37.7 Å². The molecule has 3 aromatic rings. The van der Waals surface area contributed by atoms with Crippen molar-refractivity contribution in [3.8, 4) is 0 Å². The lowest BCUT2D eigenvalue weighted by molar-refractivity contribution is 0.0130. The second kappa shape index (κ2) is 11.4. The van der Waals surface area contributed by atoms with Gasteiger partial charge in [0.05, 0.1) is 55.1 Å². The molecule has 4 atom stereocenters. The normalized spacial score (nSPS) is 23.3. The van der Waals surface area contributed by atoms with Crippen molar-refractivity contribution in [1.29, 1.82) is 0 Å². The molecule has 6 N–H and O–H groups in total. The van der Waals surface area contributed by atoms with E-state index in [4.69, 9.17) is 0 Å². The zero-order chi connectivity index (χ0) is 26.8. The van der Waals surface area contributed by atoms with E-state index in [1.165, 1.54) is 0 Å². The average molecular weight is 523 g/mol.